The first-order valence-electron chi connectivity index (χ1n) is 6.61. The van der Waals surface area contributed by atoms with Crippen LogP contribution in [0.4, 0.5) is 0 Å². The van der Waals surface area contributed by atoms with Crippen molar-refractivity contribution >= 4 is 11.9 Å². The maximum atomic E-state index is 11.7. The molecule has 0 aliphatic carbocycles. The minimum atomic E-state index is -0.782. The molecule has 2 unspecified atom stereocenters. The lowest BCUT2D eigenvalue weighted by Crippen LogP contribution is -2.21. The van der Waals surface area contributed by atoms with Gasteiger partial charge < -0.3 is 9.47 Å². The lowest BCUT2D eigenvalue weighted by molar-refractivity contribution is -0.156. The van der Waals surface area contributed by atoms with Gasteiger partial charge in [-0.15, -0.1) is 0 Å². The highest BCUT2D eigenvalue weighted by Crippen LogP contribution is 2.34. The Balaban J connectivity index is 2.07. The summed E-state index contributed by atoms with van der Waals surface area (Å²) >= 11 is 0. The summed E-state index contributed by atoms with van der Waals surface area (Å²) in [7, 11) is 0. The summed E-state index contributed by atoms with van der Waals surface area (Å²) in [6.45, 7) is 4.08. The van der Waals surface area contributed by atoms with Crippen LogP contribution in [-0.2, 0) is 25.5 Å². The van der Waals surface area contributed by atoms with Gasteiger partial charge in [0.2, 0.25) is 0 Å². The van der Waals surface area contributed by atoms with E-state index in [4.69, 9.17) is 9.47 Å². The molecule has 0 spiro atoms. The summed E-state index contributed by atoms with van der Waals surface area (Å²) in [6.07, 6.45) is 0.993. The summed E-state index contributed by atoms with van der Waals surface area (Å²) in [5, 5.41) is 0. The molecule has 4 nitrogen and oxygen atoms in total. The summed E-state index contributed by atoms with van der Waals surface area (Å²) < 4.78 is 10.1. The van der Waals surface area contributed by atoms with Crippen molar-refractivity contribution in [3.8, 4) is 0 Å². The second-order valence-electron chi connectivity index (χ2n) is 4.56. The molecule has 0 bridgehead atoms. The van der Waals surface area contributed by atoms with Crippen LogP contribution in [0.2, 0.25) is 0 Å². The van der Waals surface area contributed by atoms with Crippen molar-refractivity contribution in [3.05, 3.63) is 35.4 Å². The number of benzene rings is 1. The number of rotatable bonds is 4. The van der Waals surface area contributed by atoms with Gasteiger partial charge in [-0.3, -0.25) is 9.59 Å². The minimum Gasteiger partial charge on any atom is -0.465 e. The Morgan fingerprint density at radius 2 is 2.00 bits per heavy atom. The Bertz CT molecular complexity index is 464. The van der Waals surface area contributed by atoms with E-state index in [2.05, 4.69) is 6.92 Å². The number of hydrogen-bond donors (Lipinski definition) is 0. The summed E-state index contributed by atoms with van der Waals surface area (Å²) in [6, 6.07) is 7.93. The third-order valence-electron chi connectivity index (χ3n) is 3.32. The number of carbonyl (C=O) groups excluding carboxylic acids is 2. The Labute approximate surface area is 112 Å². The molecule has 19 heavy (non-hydrogen) atoms. The van der Waals surface area contributed by atoms with Gasteiger partial charge in [-0.05, 0) is 24.5 Å². The van der Waals surface area contributed by atoms with Gasteiger partial charge in [0.05, 0.1) is 6.61 Å². The van der Waals surface area contributed by atoms with E-state index in [1.165, 1.54) is 5.56 Å². The van der Waals surface area contributed by atoms with Crippen molar-refractivity contribution < 1.29 is 19.1 Å². The molecule has 1 heterocycles. The number of cyclic esters (lactones) is 1. The molecule has 102 valence electrons. The van der Waals surface area contributed by atoms with Gasteiger partial charge in [0.1, 0.15) is 6.10 Å². The molecule has 0 aromatic heterocycles. The van der Waals surface area contributed by atoms with E-state index in [9.17, 15) is 9.59 Å². The van der Waals surface area contributed by atoms with Gasteiger partial charge in [-0.1, -0.05) is 31.2 Å². The molecular weight excluding hydrogens is 244 g/mol. The fourth-order valence-corrected chi connectivity index (χ4v) is 2.19. The standard InChI is InChI=1S/C15H18O4/c1-3-10-5-7-11(8-6-10)13-9-12(15(17)19-13)14(16)18-4-2/h5-8,12-13H,3-4,9H2,1-2H3. The molecule has 1 aromatic carbocycles. The fraction of sp³-hybridized carbons (Fsp3) is 0.467. The monoisotopic (exact) mass is 262 g/mol. The van der Waals surface area contributed by atoms with Crippen molar-refractivity contribution in [2.75, 3.05) is 6.61 Å². The number of hydrogen-bond acceptors (Lipinski definition) is 4. The largest absolute Gasteiger partial charge is 0.465 e. The molecular formula is C15H18O4. The van der Waals surface area contributed by atoms with Crippen molar-refractivity contribution in [2.45, 2.75) is 32.8 Å². The van der Waals surface area contributed by atoms with Gasteiger partial charge >= 0.3 is 11.9 Å². The van der Waals surface area contributed by atoms with Gasteiger partial charge in [-0.2, -0.15) is 0 Å². The summed E-state index contributed by atoms with van der Waals surface area (Å²) in [5.74, 6) is -1.75. The number of esters is 2. The Morgan fingerprint density at radius 1 is 1.32 bits per heavy atom. The van der Waals surface area contributed by atoms with E-state index in [-0.39, 0.29) is 12.7 Å². The van der Waals surface area contributed by atoms with Gasteiger partial charge in [0.25, 0.3) is 0 Å². The quantitative estimate of drug-likeness (QED) is 0.617. The molecule has 1 aliphatic rings. The van der Waals surface area contributed by atoms with Gasteiger partial charge in [0, 0.05) is 6.42 Å². The predicted molar refractivity (Wildman–Crippen MR) is 69.4 cm³/mol. The van der Waals surface area contributed by atoms with Crippen molar-refractivity contribution in [1.29, 1.82) is 0 Å². The third-order valence-corrected chi connectivity index (χ3v) is 3.32. The van der Waals surface area contributed by atoms with Crippen molar-refractivity contribution in [1.82, 2.24) is 0 Å². The van der Waals surface area contributed by atoms with Crippen LogP contribution in [0.15, 0.2) is 24.3 Å². The number of carbonyl (C=O) groups is 2. The maximum absolute atomic E-state index is 11.7. The number of aryl methyl sites for hydroxylation is 1. The molecule has 0 amide bonds. The zero-order valence-electron chi connectivity index (χ0n) is 11.2. The Kier molecular flexibility index (Phi) is 4.20. The van der Waals surface area contributed by atoms with E-state index in [0.29, 0.717) is 6.42 Å². The normalized spacial score (nSPS) is 22.1. The Morgan fingerprint density at radius 3 is 2.58 bits per heavy atom. The van der Waals surface area contributed by atoms with E-state index in [1.54, 1.807) is 6.92 Å². The zero-order valence-corrected chi connectivity index (χ0v) is 11.2. The van der Waals surface area contributed by atoms with Crippen LogP contribution in [0.3, 0.4) is 0 Å². The lowest BCUT2D eigenvalue weighted by Gasteiger charge is -2.09. The van der Waals surface area contributed by atoms with Crippen LogP contribution in [0.1, 0.15) is 37.5 Å². The van der Waals surface area contributed by atoms with Crippen LogP contribution in [0.25, 0.3) is 0 Å². The zero-order chi connectivity index (χ0) is 13.8. The molecule has 2 rings (SSSR count). The third kappa shape index (κ3) is 2.95. The highest BCUT2D eigenvalue weighted by atomic mass is 16.6. The topological polar surface area (TPSA) is 52.6 Å². The number of ether oxygens (including phenoxy) is 2. The van der Waals surface area contributed by atoms with E-state index < -0.39 is 17.9 Å². The summed E-state index contributed by atoms with van der Waals surface area (Å²) in [5.41, 5.74) is 2.16. The molecule has 2 atom stereocenters. The van der Waals surface area contributed by atoms with Crippen LogP contribution in [-0.4, -0.2) is 18.5 Å². The molecule has 1 aromatic rings. The van der Waals surface area contributed by atoms with Crippen molar-refractivity contribution in [3.63, 3.8) is 0 Å². The molecule has 1 saturated heterocycles. The average molecular weight is 262 g/mol. The molecule has 0 radical (unpaired) electrons. The second-order valence-corrected chi connectivity index (χ2v) is 4.56. The van der Waals surface area contributed by atoms with Crippen molar-refractivity contribution in [2.24, 2.45) is 5.92 Å². The van der Waals surface area contributed by atoms with Gasteiger partial charge in [-0.25, -0.2) is 0 Å². The van der Waals surface area contributed by atoms with E-state index >= 15 is 0 Å². The predicted octanol–water partition coefficient (Wildman–Crippen LogP) is 2.42. The maximum Gasteiger partial charge on any atom is 0.321 e. The average Bonchev–Trinajstić information content (AvgIpc) is 2.81. The summed E-state index contributed by atoms with van der Waals surface area (Å²) in [4.78, 5) is 23.3. The molecule has 1 aliphatic heterocycles. The SMILES string of the molecule is CCOC(=O)C1CC(c2ccc(CC)cc2)OC1=O. The van der Waals surface area contributed by atoms with E-state index in [1.807, 2.05) is 24.3 Å². The first-order chi connectivity index (χ1) is 9.15. The molecule has 4 heteroatoms. The highest BCUT2D eigenvalue weighted by Gasteiger charge is 2.41. The second kappa shape index (κ2) is 5.87. The van der Waals surface area contributed by atoms with E-state index in [0.717, 1.165) is 12.0 Å². The molecule has 1 fully saturated rings. The molecule has 0 N–H and O–H groups in total. The smallest absolute Gasteiger partial charge is 0.321 e. The van der Waals surface area contributed by atoms with Crippen LogP contribution >= 0.6 is 0 Å². The first kappa shape index (κ1) is 13.6. The lowest BCUT2D eigenvalue weighted by atomic mass is 9.99. The van der Waals surface area contributed by atoms with Crippen LogP contribution in [0.5, 0.6) is 0 Å². The Hall–Kier alpha value is -1.84. The van der Waals surface area contributed by atoms with Crippen LogP contribution < -0.4 is 0 Å². The minimum absolute atomic E-state index is 0.276. The van der Waals surface area contributed by atoms with Crippen LogP contribution in [0, 0.1) is 5.92 Å². The highest BCUT2D eigenvalue weighted by molar-refractivity contribution is 5.96. The first-order valence-corrected chi connectivity index (χ1v) is 6.61. The van der Waals surface area contributed by atoms with Gasteiger partial charge in [0.15, 0.2) is 5.92 Å². The molecule has 0 saturated carbocycles. The fourth-order valence-electron chi connectivity index (χ4n) is 2.19.